The van der Waals surface area contributed by atoms with Crippen molar-refractivity contribution in [3.63, 3.8) is 0 Å². The Morgan fingerprint density at radius 2 is 2.32 bits per heavy atom. The summed E-state index contributed by atoms with van der Waals surface area (Å²) < 4.78 is 0. The quantitative estimate of drug-likeness (QED) is 0.453. The maximum atomic E-state index is 11.5. The second kappa shape index (κ2) is 5.98. The van der Waals surface area contributed by atoms with Gasteiger partial charge in [-0.05, 0) is 6.42 Å². The fraction of sp³-hybridized carbons (Fsp3) is 0.455. The topological polar surface area (TPSA) is 107 Å². The number of aryl methyl sites for hydroxylation is 1. The zero-order valence-electron chi connectivity index (χ0n) is 10.3. The number of rotatable bonds is 6. The highest BCUT2D eigenvalue weighted by Gasteiger charge is 2.29. The van der Waals surface area contributed by atoms with Crippen LogP contribution in [0, 0.1) is 0 Å². The van der Waals surface area contributed by atoms with Crippen molar-refractivity contribution >= 4 is 17.8 Å². The van der Waals surface area contributed by atoms with Gasteiger partial charge in [0.15, 0.2) is 0 Å². The monoisotopic (exact) mass is 265 g/mol. The molecule has 2 rings (SSSR count). The zero-order chi connectivity index (χ0) is 13.7. The summed E-state index contributed by atoms with van der Waals surface area (Å²) in [5.41, 5.74) is 0. The van der Waals surface area contributed by atoms with Crippen molar-refractivity contribution in [2.45, 2.75) is 12.8 Å². The fourth-order valence-corrected chi connectivity index (χ4v) is 1.73. The number of nitrogens with zero attached hydrogens (tertiary/aromatic N) is 2. The summed E-state index contributed by atoms with van der Waals surface area (Å²) in [5.74, 6) is 0.143. The Bertz CT molecular complexity index is 455. The standard InChI is InChI=1S/C11H15N5O3/c17-9(7-16-10(18)6-15-11(16)19)14-3-1-2-8-12-4-5-13-8/h4-5H,1-3,6-7H2,(H,12,13)(H,14,17)(H,15,19). The Morgan fingerprint density at radius 3 is 2.95 bits per heavy atom. The molecule has 102 valence electrons. The van der Waals surface area contributed by atoms with Gasteiger partial charge in [0.2, 0.25) is 5.91 Å². The van der Waals surface area contributed by atoms with E-state index in [4.69, 9.17) is 0 Å². The van der Waals surface area contributed by atoms with Crippen molar-refractivity contribution in [1.29, 1.82) is 0 Å². The number of hydrogen-bond acceptors (Lipinski definition) is 4. The van der Waals surface area contributed by atoms with E-state index in [1.165, 1.54) is 0 Å². The summed E-state index contributed by atoms with van der Waals surface area (Å²) in [4.78, 5) is 41.9. The van der Waals surface area contributed by atoms with Crippen LogP contribution in [0.5, 0.6) is 0 Å². The number of aromatic nitrogens is 2. The number of carbonyl (C=O) groups excluding carboxylic acids is 3. The maximum Gasteiger partial charge on any atom is 0.325 e. The molecule has 0 saturated carbocycles. The van der Waals surface area contributed by atoms with E-state index < -0.39 is 6.03 Å². The van der Waals surface area contributed by atoms with E-state index in [2.05, 4.69) is 20.6 Å². The lowest BCUT2D eigenvalue weighted by Crippen LogP contribution is -2.41. The van der Waals surface area contributed by atoms with Crippen LogP contribution >= 0.6 is 0 Å². The van der Waals surface area contributed by atoms with Gasteiger partial charge in [0.1, 0.15) is 12.4 Å². The van der Waals surface area contributed by atoms with Gasteiger partial charge in [-0.1, -0.05) is 0 Å². The second-order valence-corrected chi connectivity index (χ2v) is 4.13. The fourth-order valence-electron chi connectivity index (χ4n) is 1.73. The molecule has 1 aliphatic rings. The molecule has 0 bridgehead atoms. The molecule has 8 nitrogen and oxygen atoms in total. The SMILES string of the molecule is O=C(CN1C(=O)CNC1=O)NCCCc1ncc[nH]1. The first-order chi connectivity index (χ1) is 9.16. The summed E-state index contributed by atoms with van der Waals surface area (Å²) in [7, 11) is 0. The van der Waals surface area contributed by atoms with Gasteiger partial charge in [-0.3, -0.25) is 14.5 Å². The summed E-state index contributed by atoms with van der Waals surface area (Å²) in [6.45, 7) is 0.208. The van der Waals surface area contributed by atoms with Gasteiger partial charge < -0.3 is 15.6 Å². The second-order valence-electron chi connectivity index (χ2n) is 4.13. The molecule has 1 aromatic rings. The number of urea groups is 1. The van der Waals surface area contributed by atoms with E-state index in [9.17, 15) is 14.4 Å². The van der Waals surface area contributed by atoms with Crippen LogP contribution in [0.4, 0.5) is 4.79 Å². The van der Waals surface area contributed by atoms with E-state index in [1.54, 1.807) is 12.4 Å². The summed E-state index contributed by atoms with van der Waals surface area (Å²) >= 11 is 0. The highest BCUT2D eigenvalue weighted by atomic mass is 16.2. The summed E-state index contributed by atoms with van der Waals surface area (Å²) in [6.07, 6.45) is 4.88. The normalized spacial score (nSPS) is 14.6. The maximum absolute atomic E-state index is 11.5. The van der Waals surface area contributed by atoms with Gasteiger partial charge in [-0.15, -0.1) is 0 Å². The smallest absolute Gasteiger partial charge is 0.325 e. The number of hydrogen-bond donors (Lipinski definition) is 3. The lowest BCUT2D eigenvalue weighted by Gasteiger charge is -2.11. The molecule has 1 aliphatic heterocycles. The number of nitrogens with one attached hydrogen (secondary N) is 3. The molecule has 1 aromatic heterocycles. The van der Waals surface area contributed by atoms with Crippen molar-refractivity contribution in [2.24, 2.45) is 0 Å². The van der Waals surface area contributed by atoms with E-state index in [0.29, 0.717) is 6.54 Å². The van der Waals surface area contributed by atoms with E-state index in [-0.39, 0.29) is 24.9 Å². The van der Waals surface area contributed by atoms with Crippen LogP contribution < -0.4 is 10.6 Å². The van der Waals surface area contributed by atoms with Crippen molar-refractivity contribution < 1.29 is 14.4 Å². The number of amides is 4. The van der Waals surface area contributed by atoms with Crippen LogP contribution in [0.25, 0.3) is 0 Å². The number of imidazole rings is 1. The van der Waals surface area contributed by atoms with Gasteiger partial charge in [0, 0.05) is 25.4 Å². The minimum Gasteiger partial charge on any atom is -0.355 e. The highest BCUT2D eigenvalue weighted by Crippen LogP contribution is 1.98. The molecule has 0 spiro atoms. The molecule has 3 N–H and O–H groups in total. The molecular weight excluding hydrogens is 250 g/mol. The van der Waals surface area contributed by atoms with Gasteiger partial charge in [-0.25, -0.2) is 9.78 Å². The highest BCUT2D eigenvalue weighted by molar-refractivity contribution is 6.04. The number of imide groups is 1. The predicted octanol–water partition coefficient (Wildman–Crippen LogP) is -0.990. The Morgan fingerprint density at radius 1 is 1.47 bits per heavy atom. The molecule has 0 unspecified atom stereocenters. The van der Waals surface area contributed by atoms with Crippen LogP contribution in [0.1, 0.15) is 12.2 Å². The average molecular weight is 265 g/mol. The van der Waals surface area contributed by atoms with E-state index in [1.807, 2.05) is 0 Å². The Hall–Kier alpha value is -2.38. The van der Waals surface area contributed by atoms with Crippen LogP contribution in [0.15, 0.2) is 12.4 Å². The molecule has 0 aromatic carbocycles. The third-order valence-corrected chi connectivity index (χ3v) is 2.71. The van der Waals surface area contributed by atoms with E-state index in [0.717, 1.165) is 23.6 Å². The van der Waals surface area contributed by atoms with Gasteiger partial charge >= 0.3 is 6.03 Å². The number of aromatic amines is 1. The van der Waals surface area contributed by atoms with E-state index >= 15 is 0 Å². The first-order valence-electron chi connectivity index (χ1n) is 6.00. The predicted molar refractivity (Wildman–Crippen MR) is 65.0 cm³/mol. The van der Waals surface area contributed by atoms with Crippen molar-refractivity contribution in [1.82, 2.24) is 25.5 Å². The number of carbonyl (C=O) groups is 3. The van der Waals surface area contributed by atoms with Crippen LogP contribution in [0.3, 0.4) is 0 Å². The van der Waals surface area contributed by atoms with Crippen LogP contribution in [-0.4, -0.2) is 52.3 Å². The molecule has 1 fully saturated rings. The van der Waals surface area contributed by atoms with Crippen LogP contribution in [-0.2, 0) is 16.0 Å². The third-order valence-electron chi connectivity index (χ3n) is 2.71. The Labute approximate surface area is 109 Å². The van der Waals surface area contributed by atoms with Gasteiger partial charge in [0.25, 0.3) is 5.91 Å². The molecule has 2 heterocycles. The van der Waals surface area contributed by atoms with Crippen molar-refractivity contribution in [2.75, 3.05) is 19.6 Å². The Kier molecular flexibility index (Phi) is 4.11. The average Bonchev–Trinajstić information content (AvgIpc) is 3.00. The third kappa shape index (κ3) is 3.54. The molecule has 19 heavy (non-hydrogen) atoms. The minimum absolute atomic E-state index is 0.0371. The number of H-pyrrole nitrogens is 1. The first kappa shape index (κ1) is 13.1. The molecular formula is C11H15N5O3. The summed E-state index contributed by atoms with van der Waals surface area (Å²) in [6, 6.07) is -0.518. The van der Waals surface area contributed by atoms with Crippen molar-refractivity contribution in [3.8, 4) is 0 Å². The molecule has 0 radical (unpaired) electrons. The van der Waals surface area contributed by atoms with Gasteiger partial charge in [0.05, 0.1) is 6.54 Å². The minimum atomic E-state index is -0.518. The van der Waals surface area contributed by atoms with Gasteiger partial charge in [-0.2, -0.15) is 0 Å². The molecule has 8 heteroatoms. The molecule has 0 aliphatic carbocycles. The molecule has 1 saturated heterocycles. The molecule has 4 amide bonds. The van der Waals surface area contributed by atoms with Crippen molar-refractivity contribution in [3.05, 3.63) is 18.2 Å². The first-order valence-corrected chi connectivity index (χ1v) is 6.00. The Balaban J connectivity index is 1.64. The lowest BCUT2D eigenvalue weighted by atomic mass is 10.3. The lowest BCUT2D eigenvalue weighted by molar-refractivity contribution is -0.130. The summed E-state index contributed by atoms with van der Waals surface area (Å²) in [5, 5.41) is 5.01. The molecule has 0 atom stereocenters. The van der Waals surface area contributed by atoms with Crippen LogP contribution in [0.2, 0.25) is 0 Å². The zero-order valence-corrected chi connectivity index (χ0v) is 10.3. The largest absolute Gasteiger partial charge is 0.355 e.